The van der Waals surface area contributed by atoms with Crippen molar-refractivity contribution in [3.05, 3.63) is 11.6 Å². The molecule has 8 heteroatoms. The van der Waals surface area contributed by atoms with Gasteiger partial charge in [-0.05, 0) is 22.5 Å². The van der Waals surface area contributed by atoms with E-state index in [4.69, 9.17) is 0 Å². The van der Waals surface area contributed by atoms with Gasteiger partial charge in [-0.2, -0.15) is 5.21 Å². The van der Waals surface area contributed by atoms with Crippen LogP contribution in [0.4, 0.5) is 0 Å². The molecule has 0 radical (unpaired) electrons. The van der Waals surface area contributed by atoms with Crippen LogP contribution in [0, 0.1) is 0 Å². The van der Waals surface area contributed by atoms with Crippen molar-refractivity contribution < 1.29 is 4.63 Å². The van der Waals surface area contributed by atoms with E-state index in [2.05, 4.69) is 40.8 Å². The van der Waals surface area contributed by atoms with Crippen molar-refractivity contribution in [2.45, 2.75) is 0 Å². The second kappa shape index (κ2) is 2.86. The lowest BCUT2D eigenvalue weighted by Gasteiger charge is -1.74. The van der Waals surface area contributed by atoms with E-state index in [-0.39, 0.29) is 0 Å². The lowest BCUT2D eigenvalue weighted by Crippen LogP contribution is -1.77. The maximum Gasteiger partial charge on any atom is 0.219 e. The molecule has 0 aliphatic heterocycles. The summed E-state index contributed by atoms with van der Waals surface area (Å²) in [4.78, 5) is 0. The van der Waals surface area contributed by atoms with Crippen LogP contribution in [0.15, 0.2) is 4.63 Å². The molecule has 0 amide bonds. The molecular weight excluding hydrogens is 162 g/mol. The molecule has 12 heavy (non-hydrogen) atoms. The van der Waals surface area contributed by atoms with Gasteiger partial charge in [-0.25, -0.2) is 4.63 Å². The number of tetrazole rings is 1. The van der Waals surface area contributed by atoms with Crippen LogP contribution in [0.25, 0.3) is 12.2 Å². The fourth-order valence-electron chi connectivity index (χ4n) is 0.591. The van der Waals surface area contributed by atoms with Gasteiger partial charge in [0, 0.05) is 0 Å². The van der Waals surface area contributed by atoms with Crippen molar-refractivity contribution in [2.75, 3.05) is 0 Å². The minimum atomic E-state index is 0.361. The van der Waals surface area contributed by atoms with Gasteiger partial charge in [0.05, 0.1) is 5.27 Å². The number of hydrogen-bond donors (Lipinski definition) is 1. The second-order valence-electron chi connectivity index (χ2n) is 1.82. The van der Waals surface area contributed by atoms with E-state index in [1.54, 1.807) is 12.2 Å². The summed E-state index contributed by atoms with van der Waals surface area (Å²) >= 11 is 0. The van der Waals surface area contributed by atoms with Crippen LogP contribution in [0.2, 0.25) is 0 Å². The third-order valence-corrected chi connectivity index (χ3v) is 1.06. The minimum absolute atomic E-state index is 0.361. The highest BCUT2D eigenvalue weighted by molar-refractivity contribution is 5.61. The number of nitrogens with one attached hydrogen (secondary N) is 1. The number of aromatic nitrogens is 7. The van der Waals surface area contributed by atoms with E-state index >= 15 is 0 Å². The summed E-state index contributed by atoms with van der Waals surface area (Å²) in [5.41, 5.74) is 0. The first-order valence-corrected chi connectivity index (χ1v) is 3.02. The predicted octanol–water partition coefficient (Wildman–Crippen LogP) is -0.852. The Morgan fingerprint density at radius 1 is 1.17 bits per heavy atom. The van der Waals surface area contributed by atoms with E-state index in [1.807, 2.05) is 0 Å². The van der Waals surface area contributed by atoms with Crippen LogP contribution >= 0.6 is 0 Å². The van der Waals surface area contributed by atoms with Gasteiger partial charge in [0.25, 0.3) is 0 Å². The molecule has 0 atom stereocenters. The first-order chi connectivity index (χ1) is 5.95. The highest BCUT2D eigenvalue weighted by atomic mass is 16.6. The van der Waals surface area contributed by atoms with Gasteiger partial charge < -0.3 is 0 Å². The van der Waals surface area contributed by atoms with Crippen LogP contribution in [-0.4, -0.2) is 36.2 Å². The monoisotopic (exact) mass is 165 g/mol. The van der Waals surface area contributed by atoms with Crippen molar-refractivity contribution in [3.63, 3.8) is 0 Å². The van der Waals surface area contributed by atoms with Crippen molar-refractivity contribution >= 4 is 12.2 Å². The Kier molecular flexibility index (Phi) is 1.57. The zero-order valence-electron chi connectivity index (χ0n) is 5.75. The molecule has 2 heterocycles. The SMILES string of the molecule is C(=Cc1nnon1)c1nn[nH]n1. The van der Waals surface area contributed by atoms with Crippen molar-refractivity contribution in [3.8, 4) is 0 Å². The molecule has 0 aliphatic rings. The molecule has 0 fully saturated rings. The average molecular weight is 165 g/mol. The van der Waals surface area contributed by atoms with E-state index in [0.29, 0.717) is 11.6 Å². The first kappa shape index (κ1) is 6.58. The standard InChI is InChI=1S/C4H3N7O/c1(3-5-9-10-6-3)2-4-7-11-12-8-4/h1-2H,(H,5,6,9,10). The van der Waals surface area contributed by atoms with Crippen LogP contribution in [0.3, 0.4) is 0 Å². The van der Waals surface area contributed by atoms with Gasteiger partial charge in [0.15, 0.2) is 5.82 Å². The zero-order chi connectivity index (χ0) is 8.23. The highest BCUT2D eigenvalue weighted by Crippen LogP contribution is 1.94. The smallest absolute Gasteiger partial charge is 0.219 e. The molecule has 0 unspecified atom stereocenters. The molecule has 1 N–H and O–H groups in total. The van der Waals surface area contributed by atoms with Crippen LogP contribution in [-0.2, 0) is 0 Å². The van der Waals surface area contributed by atoms with Gasteiger partial charge in [0.2, 0.25) is 5.82 Å². The van der Waals surface area contributed by atoms with Crippen molar-refractivity contribution in [2.24, 2.45) is 0 Å². The van der Waals surface area contributed by atoms with E-state index in [1.165, 1.54) is 0 Å². The molecule has 0 aliphatic carbocycles. The van der Waals surface area contributed by atoms with E-state index in [9.17, 15) is 0 Å². The maximum atomic E-state index is 4.26. The van der Waals surface area contributed by atoms with E-state index in [0.717, 1.165) is 0 Å². The molecule has 0 saturated carbocycles. The summed E-state index contributed by atoms with van der Waals surface area (Å²) < 4.78 is 4.26. The van der Waals surface area contributed by atoms with Crippen LogP contribution in [0.5, 0.6) is 0 Å². The van der Waals surface area contributed by atoms with Crippen LogP contribution in [0.1, 0.15) is 11.6 Å². The summed E-state index contributed by atoms with van der Waals surface area (Å²) in [6.45, 7) is 0. The number of nitrogens with zero attached hydrogens (tertiary/aromatic N) is 6. The Bertz CT molecular complexity index is 312. The van der Waals surface area contributed by atoms with E-state index < -0.39 is 0 Å². The van der Waals surface area contributed by atoms with Crippen LogP contribution < -0.4 is 0 Å². The third kappa shape index (κ3) is 1.31. The maximum absolute atomic E-state index is 4.26. The topological polar surface area (TPSA) is 106 Å². The van der Waals surface area contributed by atoms with Crippen molar-refractivity contribution in [1.82, 2.24) is 36.2 Å². The third-order valence-electron chi connectivity index (χ3n) is 1.06. The summed E-state index contributed by atoms with van der Waals surface area (Å²) in [6.07, 6.45) is 3.14. The zero-order valence-corrected chi connectivity index (χ0v) is 5.75. The minimum Gasteiger partial charge on any atom is -0.222 e. The Morgan fingerprint density at radius 2 is 2.08 bits per heavy atom. The molecule has 2 aromatic heterocycles. The normalized spacial score (nSPS) is 11.0. The number of aromatic amines is 1. The Morgan fingerprint density at radius 3 is 2.75 bits per heavy atom. The first-order valence-electron chi connectivity index (χ1n) is 3.02. The second-order valence-corrected chi connectivity index (χ2v) is 1.82. The van der Waals surface area contributed by atoms with Crippen molar-refractivity contribution in [1.29, 1.82) is 0 Å². The molecule has 0 aromatic carbocycles. The number of hydrogen-bond acceptors (Lipinski definition) is 7. The molecule has 0 bridgehead atoms. The fraction of sp³-hybridized carbons (Fsp3) is 0. The summed E-state index contributed by atoms with van der Waals surface area (Å²) in [5, 5.41) is 23.1. The molecule has 0 spiro atoms. The van der Waals surface area contributed by atoms with Gasteiger partial charge in [-0.1, -0.05) is 5.10 Å². The number of H-pyrrole nitrogens is 1. The highest BCUT2D eigenvalue weighted by Gasteiger charge is 1.94. The summed E-state index contributed by atoms with van der Waals surface area (Å²) in [5.74, 6) is 0.805. The van der Waals surface area contributed by atoms with Gasteiger partial charge in [0.1, 0.15) is 0 Å². The molecule has 2 rings (SSSR count). The molecule has 8 nitrogen and oxygen atoms in total. The molecule has 60 valence electrons. The summed E-state index contributed by atoms with van der Waals surface area (Å²) in [7, 11) is 0. The average Bonchev–Trinajstić information content (AvgIpc) is 2.74. The Hall–Kier alpha value is -2.12. The quantitative estimate of drug-likeness (QED) is 0.617. The van der Waals surface area contributed by atoms with Gasteiger partial charge >= 0.3 is 0 Å². The Balaban J connectivity index is 2.14. The summed E-state index contributed by atoms with van der Waals surface area (Å²) in [6, 6.07) is 0. The fourth-order valence-corrected chi connectivity index (χ4v) is 0.591. The molecule has 2 aromatic rings. The largest absolute Gasteiger partial charge is 0.222 e. The molecule has 0 saturated heterocycles. The lowest BCUT2D eigenvalue weighted by atomic mass is 10.5. The van der Waals surface area contributed by atoms with Gasteiger partial charge in [-0.15, -0.1) is 10.2 Å². The Labute approximate surface area is 65.6 Å². The number of rotatable bonds is 2. The predicted molar refractivity (Wildman–Crippen MR) is 35.2 cm³/mol. The lowest BCUT2D eigenvalue weighted by molar-refractivity contribution is 0.292. The van der Waals surface area contributed by atoms with Gasteiger partial charge in [-0.3, -0.25) is 0 Å². The molecular formula is C4H3N7O.